The Balaban J connectivity index is 3.31. The fraction of sp³-hybridized carbons (Fsp3) is 0.538. The van der Waals surface area contributed by atoms with Crippen molar-refractivity contribution in [3.63, 3.8) is 0 Å². The summed E-state index contributed by atoms with van der Waals surface area (Å²) < 4.78 is 26.5. The summed E-state index contributed by atoms with van der Waals surface area (Å²) in [5.41, 5.74) is 6.99. The van der Waals surface area contributed by atoms with E-state index in [4.69, 9.17) is 17.3 Å². The number of aryl methyl sites for hydroxylation is 1. The smallest absolute Gasteiger partial charge is 0.244 e. The van der Waals surface area contributed by atoms with Crippen LogP contribution in [0.4, 0.5) is 5.69 Å². The number of nitrogen functional groups attached to an aromatic ring is 1. The lowest BCUT2D eigenvalue weighted by Gasteiger charge is -2.26. The van der Waals surface area contributed by atoms with Crippen molar-refractivity contribution in [2.45, 2.75) is 44.6 Å². The third kappa shape index (κ3) is 3.22. The maximum atomic E-state index is 12.6. The Hall–Kier alpha value is -0.780. The maximum Gasteiger partial charge on any atom is 0.244 e. The van der Waals surface area contributed by atoms with E-state index in [0.717, 1.165) is 18.4 Å². The summed E-state index contributed by atoms with van der Waals surface area (Å²) in [4.78, 5) is 0.0756. The van der Waals surface area contributed by atoms with Crippen molar-refractivity contribution in [2.75, 3.05) is 12.8 Å². The van der Waals surface area contributed by atoms with E-state index in [1.54, 1.807) is 20.0 Å². The van der Waals surface area contributed by atoms with Crippen LogP contribution in [0.3, 0.4) is 0 Å². The molecule has 1 rings (SSSR count). The largest absolute Gasteiger partial charge is 0.398 e. The van der Waals surface area contributed by atoms with E-state index in [1.807, 2.05) is 13.8 Å². The van der Waals surface area contributed by atoms with E-state index in [0.29, 0.717) is 5.69 Å². The van der Waals surface area contributed by atoms with Crippen LogP contribution in [0.2, 0.25) is 5.02 Å². The Labute approximate surface area is 120 Å². The third-order valence-corrected chi connectivity index (χ3v) is 5.81. The number of nitrogens with zero attached hydrogens (tertiary/aromatic N) is 1. The van der Waals surface area contributed by atoms with Gasteiger partial charge >= 0.3 is 0 Å². The van der Waals surface area contributed by atoms with Gasteiger partial charge in [-0.05, 0) is 37.5 Å². The number of hydrogen-bond donors (Lipinski definition) is 1. The van der Waals surface area contributed by atoms with Crippen LogP contribution < -0.4 is 5.73 Å². The number of halogens is 1. The zero-order valence-corrected chi connectivity index (χ0v) is 13.3. The van der Waals surface area contributed by atoms with Crippen molar-refractivity contribution in [3.05, 3.63) is 22.7 Å². The number of anilines is 1. The average Bonchev–Trinajstić information content (AvgIpc) is 2.34. The molecule has 1 aromatic rings. The van der Waals surface area contributed by atoms with Gasteiger partial charge < -0.3 is 5.73 Å². The average molecular weight is 305 g/mol. The number of nitrogens with two attached hydrogens (primary N) is 1. The van der Waals surface area contributed by atoms with E-state index in [-0.39, 0.29) is 16.0 Å². The van der Waals surface area contributed by atoms with Crippen molar-refractivity contribution in [1.29, 1.82) is 0 Å². The minimum absolute atomic E-state index is 0.0383. The first-order valence-corrected chi connectivity index (χ1v) is 8.11. The first kappa shape index (κ1) is 16.3. The highest BCUT2D eigenvalue weighted by atomic mass is 35.5. The minimum atomic E-state index is -3.61. The quantitative estimate of drug-likeness (QED) is 0.850. The van der Waals surface area contributed by atoms with Gasteiger partial charge in [0.25, 0.3) is 0 Å². The molecule has 108 valence electrons. The van der Waals surface area contributed by atoms with Crippen LogP contribution >= 0.6 is 11.6 Å². The highest BCUT2D eigenvalue weighted by Crippen LogP contribution is 2.30. The van der Waals surface area contributed by atoms with Gasteiger partial charge in [-0.2, -0.15) is 4.31 Å². The van der Waals surface area contributed by atoms with Gasteiger partial charge in [0.2, 0.25) is 10.0 Å². The molecule has 0 fully saturated rings. The number of hydrogen-bond acceptors (Lipinski definition) is 3. The summed E-state index contributed by atoms with van der Waals surface area (Å²) in [6.07, 6.45) is 1.51. The first-order valence-electron chi connectivity index (χ1n) is 6.29. The van der Waals surface area contributed by atoms with Crippen molar-refractivity contribution in [3.8, 4) is 0 Å². The monoisotopic (exact) mass is 304 g/mol. The van der Waals surface area contributed by atoms with Crippen LogP contribution in [0.5, 0.6) is 0 Å². The lowest BCUT2D eigenvalue weighted by molar-refractivity contribution is 0.350. The standard InChI is InChI=1S/C13H21ClN2O2S/c1-5-10(6-2)16(4)19(17,18)13-8-12(15)9(3)7-11(13)14/h7-8,10H,5-6,15H2,1-4H3. The Kier molecular flexibility index (Phi) is 5.24. The first-order chi connectivity index (χ1) is 8.75. The Morgan fingerprint density at radius 3 is 2.32 bits per heavy atom. The molecule has 1 aromatic carbocycles. The molecule has 6 heteroatoms. The molecule has 0 atom stereocenters. The molecular formula is C13H21ClN2O2S. The molecule has 2 N–H and O–H groups in total. The zero-order chi connectivity index (χ0) is 14.8. The fourth-order valence-corrected chi connectivity index (χ4v) is 4.11. The lowest BCUT2D eigenvalue weighted by Crippen LogP contribution is -2.36. The van der Waals surface area contributed by atoms with E-state index in [2.05, 4.69) is 0 Å². The van der Waals surface area contributed by atoms with Gasteiger partial charge in [-0.15, -0.1) is 0 Å². The van der Waals surface area contributed by atoms with Crippen LogP contribution in [-0.4, -0.2) is 25.8 Å². The molecule has 0 heterocycles. The van der Waals surface area contributed by atoms with E-state index in [9.17, 15) is 8.42 Å². The molecule has 0 aliphatic carbocycles. The minimum Gasteiger partial charge on any atom is -0.398 e. The molecule has 0 aliphatic rings. The molecule has 0 unspecified atom stereocenters. The number of sulfonamides is 1. The van der Waals surface area contributed by atoms with Gasteiger partial charge in [0, 0.05) is 18.8 Å². The second kappa shape index (κ2) is 6.11. The highest BCUT2D eigenvalue weighted by molar-refractivity contribution is 7.89. The van der Waals surface area contributed by atoms with E-state index >= 15 is 0 Å². The van der Waals surface area contributed by atoms with Crippen molar-refractivity contribution in [1.82, 2.24) is 4.31 Å². The summed E-state index contributed by atoms with van der Waals surface area (Å²) in [5.74, 6) is 0. The molecular weight excluding hydrogens is 284 g/mol. The van der Waals surface area contributed by atoms with Crippen LogP contribution in [0.1, 0.15) is 32.3 Å². The fourth-order valence-electron chi connectivity index (χ4n) is 2.02. The topological polar surface area (TPSA) is 63.4 Å². The summed E-state index contributed by atoms with van der Waals surface area (Å²) >= 11 is 6.06. The van der Waals surface area contributed by atoms with E-state index in [1.165, 1.54) is 10.4 Å². The Morgan fingerprint density at radius 2 is 1.84 bits per heavy atom. The second-order valence-corrected chi connectivity index (χ2v) is 7.00. The number of rotatable bonds is 5. The molecule has 19 heavy (non-hydrogen) atoms. The van der Waals surface area contributed by atoms with Gasteiger partial charge in [0.1, 0.15) is 4.90 Å². The van der Waals surface area contributed by atoms with Crippen LogP contribution in [0.25, 0.3) is 0 Å². The summed E-state index contributed by atoms with van der Waals surface area (Å²) in [5, 5.41) is 0.213. The Morgan fingerprint density at radius 1 is 1.32 bits per heavy atom. The molecule has 0 saturated heterocycles. The predicted octanol–water partition coefficient (Wildman–Crippen LogP) is 3.04. The van der Waals surface area contributed by atoms with Gasteiger partial charge in [-0.25, -0.2) is 8.42 Å². The molecule has 0 saturated carbocycles. The summed E-state index contributed by atoms with van der Waals surface area (Å²) in [6, 6.07) is 2.99. The van der Waals surface area contributed by atoms with Crippen LogP contribution in [-0.2, 0) is 10.0 Å². The van der Waals surface area contributed by atoms with Crippen LogP contribution in [0.15, 0.2) is 17.0 Å². The van der Waals surface area contributed by atoms with E-state index < -0.39 is 10.0 Å². The summed E-state index contributed by atoms with van der Waals surface area (Å²) in [7, 11) is -2.03. The third-order valence-electron chi connectivity index (χ3n) is 3.43. The van der Waals surface area contributed by atoms with Gasteiger partial charge in [0.15, 0.2) is 0 Å². The maximum absolute atomic E-state index is 12.6. The molecule has 0 spiro atoms. The molecule has 0 amide bonds. The SMILES string of the molecule is CCC(CC)N(C)S(=O)(=O)c1cc(N)c(C)cc1Cl. The molecule has 0 radical (unpaired) electrons. The van der Waals surface area contributed by atoms with Gasteiger partial charge in [-0.3, -0.25) is 0 Å². The van der Waals surface area contributed by atoms with Crippen molar-refractivity contribution in [2.24, 2.45) is 0 Å². The van der Waals surface area contributed by atoms with Crippen molar-refractivity contribution >= 4 is 27.3 Å². The zero-order valence-electron chi connectivity index (χ0n) is 11.8. The summed E-state index contributed by atoms with van der Waals surface area (Å²) in [6.45, 7) is 5.72. The van der Waals surface area contributed by atoms with Gasteiger partial charge in [-0.1, -0.05) is 25.4 Å². The lowest BCUT2D eigenvalue weighted by atomic mass is 10.2. The van der Waals surface area contributed by atoms with Gasteiger partial charge in [0.05, 0.1) is 5.02 Å². The molecule has 4 nitrogen and oxygen atoms in total. The number of benzene rings is 1. The van der Waals surface area contributed by atoms with Crippen molar-refractivity contribution < 1.29 is 8.42 Å². The van der Waals surface area contributed by atoms with Crippen LogP contribution in [0, 0.1) is 6.92 Å². The molecule has 0 aromatic heterocycles. The second-order valence-electron chi connectivity index (χ2n) is 4.63. The Bertz CT molecular complexity index is 554. The normalized spacial score (nSPS) is 12.4. The molecule has 0 aliphatic heterocycles. The molecule has 0 bridgehead atoms. The predicted molar refractivity (Wildman–Crippen MR) is 79.9 cm³/mol. The highest BCUT2D eigenvalue weighted by Gasteiger charge is 2.28.